The van der Waals surface area contributed by atoms with Crippen molar-refractivity contribution in [3.63, 3.8) is 0 Å². The maximum atomic E-state index is 12.6. The Morgan fingerprint density at radius 2 is 2.14 bits per heavy atom. The van der Waals surface area contributed by atoms with Gasteiger partial charge in [-0.05, 0) is 12.8 Å². The van der Waals surface area contributed by atoms with Gasteiger partial charge in [-0.25, -0.2) is 0 Å². The summed E-state index contributed by atoms with van der Waals surface area (Å²) in [5.74, 6) is 1.97. The number of nitrogens with zero attached hydrogens (tertiary/aromatic N) is 4. The molecule has 21 heavy (non-hydrogen) atoms. The van der Waals surface area contributed by atoms with E-state index in [1.807, 2.05) is 0 Å². The van der Waals surface area contributed by atoms with Gasteiger partial charge in [0.05, 0.1) is 17.9 Å². The minimum Gasteiger partial charge on any atom is -0.389 e. The first-order valence-corrected chi connectivity index (χ1v) is 8.66. The van der Waals surface area contributed by atoms with Crippen LogP contribution in [0.4, 0.5) is 0 Å². The first-order chi connectivity index (χ1) is 10.2. The number of amides is 1. The summed E-state index contributed by atoms with van der Waals surface area (Å²) < 4.78 is 0. The molecule has 8 heteroatoms. The predicted octanol–water partition coefficient (Wildman–Crippen LogP) is 1.25. The Balaban J connectivity index is 1.66. The molecule has 0 radical (unpaired) electrons. The summed E-state index contributed by atoms with van der Waals surface area (Å²) in [6.45, 7) is 0. The van der Waals surface area contributed by atoms with E-state index in [0.717, 1.165) is 44.3 Å². The van der Waals surface area contributed by atoms with Crippen molar-refractivity contribution in [2.45, 2.75) is 56.6 Å². The highest BCUT2D eigenvalue weighted by Gasteiger charge is 2.38. The van der Waals surface area contributed by atoms with Gasteiger partial charge in [0.25, 0.3) is 0 Å². The van der Waals surface area contributed by atoms with Crippen LogP contribution in [-0.2, 0) is 4.79 Å². The molecule has 1 aromatic heterocycles. The summed E-state index contributed by atoms with van der Waals surface area (Å²) in [7, 11) is 0. The van der Waals surface area contributed by atoms with Crippen LogP contribution in [0.5, 0.6) is 0 Å². The molecule has 3 rings (SSSR count). The Morgan fingerprint density at radius 3 is 2.81 bits per heavy atom. The van der Waals surface area contributed by atoms with Crippen LogP contribution < -0.4 is 0 Å². The molecule has 1 atom stereocenters. The normalized spacial score (nSPS) is 25.8. The van der Waals surface area contributed by atoms with Crippen molar-refractivity contribution in [3.05, 3.63) is 5.82 Å². The summed E-state index contributed by atoms with van der Waals surface area (Å²) in [6.07, 6.45) is 5.99. The minimum absolute atomic E-state index is 0.000741. The highest BCUT2D eigenvalue weighted by Crippen LogP contribution is 2.35. The second kappa shape index (κ2) is 6.31. The molecule has 0 aromatic carbocycles. The Kier molecular flexibility index (Phi) is 4.44. The highest BCUT2D eigenvalue weighted by atomic mass is 32.2. The van der Waals surface area contributed by atoms with E-state index in [1.165, 1.54) is 0 Å². The zero-order valence-corrected chi connectivity index (χ0v) is 12.8. The second-order valence-corrected chi connectivity index (χ2v) is 6.96. The van der Waals surface area contributed by atoms with Gasteiger partial charge in [-0.1, -0.05) is 30.9 Å². The topological polar surface area (TPSA) is 95.0 Å². The highest BCUT2D eigenvalue weighted by molar-refractivity contribution is 7.99. The fraction of sp³-hybridized carbons (Fsp3) is 0.846. The molecule has 0 spiro atoms. The average Bonchev–Trinajstić information content (AvgIpc) is 3.09. The SMILES string of the molecule is O=C(CC1(O)CCCCCC1)N1CSCC1c1nn[nH]n1. The number of hydrogen-bond acceptors (Lipinski definition) is 6. The van der Waals surface area contributed by atoms with Gasteiger partial charge in [0.1, 0.15) is 6.04 Å². The van der Waals surface area contributed by atoms with Crippen molar-refractivity contribution in [1.82, 2.24) is 25.5 Å². The number of nitrogens with one attached hydrogen (secondary N) is 1. The van der Waals surface area contributed by atoms with E-state index in [4.69, 9.17) is 0 Å². The standard InChI is InChI=1S/C13H21N5O2S/c19-11(7-13(20)5-3-1-2-4-6-13)18-9-21-8-10(18)12-14-16-17-15-12/h10,20H,1-9H2,(H,14,15,16,17). The minimum atomic E-state index is -0.831. The molecule has 116 valence electrons. The summed E-state index contributed by atoms with van der Waals surface area (Å²) in [6, 6.07) is -0.129. The zero-order chi connectivity index (χ0) is 14.7. The lowest BCUT2D eigenvalue weighted by molar-refractivity contribution is -0.137. The molecule has 0 bridgehead atoms. The number of aromatic amines is 1. The molecule has 2 aliphatic rings. The summed E-state index contributed by atoms with van der Waals surface area (Å²) in [4.78, 5) is 14.4. The maximum absolute atomic E-state index is 12.6. The van der Waals surface area contributed by atoms with E-state index in [-0.39, 0.29) is 18.4 Å². The molecular formula is C13H21N5O2S. The molecule has 7 nitrogen and oxygen atoms in total. The van der Waals surface area contributed by atoms with Crippen LogP contribution in [0.1, 0.15) is 56.8 Å². The van der Waals surface area contributed by atoms with Crippen LogP contribution in [0.2, 0.25) is 0 Å². The van der Waals surface area contributed by atoms with Crippen molar-refractivity contribution in [3.8, 4) is 0 Å². The van der Waals surface area contributed by atoms with Gasteiger partial charge in [0.2, 0.25) is 5.91 Å². The number of thioether (sulfide) groups is 1. The van der Waals surface area contributed by atoms with Gasteiger partial charge in [0.15, 0.2) is 5.82 Å². The van der Waals surface area contributed by atoms with Crippen molar-refractivity contribution in [2.75, 3.05) is 11.6 Å². The third-order valence-electron chi connectivity index (χ3n) is 4.38. The maximum Gasteiger partial charge on any atom is 0.226 e. The zero-order valence-electron chi connectivity index (χ0n) is 12.0. The third kappa shape index (κ3) is 3.37. The van der Waals surface area contributed by atoms with Gasteiger partial charge in [-0.2, -0.15) is 5.21 Å². The molecule has 1 unspecified atom stereocenters. The Bertz CT molecular complexity index is 473. The van der Waals surface area contributed by atoms with Crippen LogP contribution in [-0.4, -0.2) is 53.8 Å². The van der Waals surface area contributed by atoms with Crippen LogP contribution in [0, 0.1) is 0 Å². The molecular weight excluding hydrogens is 290 g/mol. The van der Waals surface area contributed by atoms with Crippen LogP contribution in [0.15, 0.2) is 0 Å². The van der Waals surface area contributed by atoms with Crippen molar-refractivity contribution in [2.24, 2.45) is 0 Å². The van der Waals surface area contributed by atoms with Crippen LogP contribution in [0.25, 0.3) is 0 Å². The fourth-order valence-electron chi connectivity index (χ4n) is 3.16. The Hall–Kier alpha value is -1.15. The fourth-order valence-corrected chi connectivity index (χ4v) is 4.34. The van der Waals surface area contributed by atoms with Crippen LogP contribution in [0.3, 0.4) is 0 Å². The number of hydrogen-bond donors (Lipinski definition) is 2. The molecule has 1 aromatic rings. The predicted molar refractivity (Wildman–Crippen MR) is 78.4 cm³/mol. The quantitative estimate of drug-likeness (QED) is 0.816. The summed E-state index contributed by atoms with van der Waals surface area (Å²) in [5.41, 5.74) is -0.831. The van der Waals surface area contributed by atoms with Crippen molar-refractivity contribution >= 4 is 17.7 Å². The largest absolute Gasteiger partial charge is 0.389 e. The van der Waals surface area contributed by atoms with E-state index < -0.39 is 5.60 Å². The first-order valence-electron chi connectivity index (χ1n) is 7.51. The van der Waals surface area contributed by atoms with Gasteiger partial charge in [0, 0.05) is 5.75 Å². The monoisotopic (exact) mass is 311 g/mol. The number of carbonyl (C=O) groups is 1. The van der Waals surface area contributed by atoms with Gasteiger partial charge in [-0.15, -0.1) is 22.0 Å². The molecule has 2 N–H and O–H groups in total. The van der Waals surface area contributed by atoms with E-state index in [1.54, 1.807) is 16.7 Å². The van der Waals surface area contributed by atoms with Crippen LogP contribution >= 0.6 is 11.8 Å². The number of aliphatic hydroxyl groups is 1. The number of H-pyrrole nitrogens is 1. The van der Waals surface area contributed by atoms with Gasteiger partial charge >= 0.3 is 0 Å². The average molecular weight is 311 g/mol. The lowest BCUT2D eigenvalue weighted by Gasteiger charge is -2.29. The Morgan fingerprint density at radius 1 is 1.38 bits per heavy atom. The molecule has 2 heterocycles. The van der Waals surface area contributed by atoms with Crippen molar-refractivity contribution in [1.29, 1.82) is 0 Å². The molecule has 1 amide bonds. The smallest absolute Gasteiger partial charge is 0.226 e. The van der Waals surface area contributed by atoms with E-state index in [0.29, 0.717) is 11.7 Å². The molecule has 1 aliphatic heterocycles. The molecule has 1 saturated heterocycles. The first kappa shape index (κ1) is 14.8. The number of tetrazole rings is 1. The Labute approximate surface area is 127 Å². The summed E-state index contributed by atoms with van der Waals surface area (Å²) in [5, 5.41) is 24.7. The molecule has 1 saturated carbocycles. The number of rotatable bonds is 3. The van der Waals surface area contributed by atoms with E-state index >= 15 is 0 Å². The van der Waals surface area contributed by atoms with Gasteiger partial charge < -0.3 is 10.0 Å². The molecule has 2 fully saturated rings. The second-order valence-electron chi connectivity index (χ2n) is 5.96. The number of aromatic nitrogens is 4. The third-order valence-corrected chi connectivity index (χ3v) is 5.39. The summed E-state index contributed by atoms with van der Waals surface area (Å²) >= 11 is 1.68. The number of carbonyl (C=O) groups excluding carboxylic acids is 1. The van der Waals surface area contributed by atoms with Crippen molar-refractivity contribution < 1.29 is 9.90 Å². The lowest BCUT2D eigenvalue weighted by Crippen LogP contribution is -2.39. The lowest BCUT2D eigenvalue weighted by atomic mass is 9.90. The van der Waals surface area contributed by atoms with E-state index in [9.17, 15) is 9.90 Å². The van der Waals surface area contributed by atoms with Gasteiger partial charge in [-0.3, -0.25) is 4.79 Å². The molecule has 1 aliphatic carbocycles. The van der Waals surface area contributed by atoms with E-state index in [2.05, 4.69) is 20.6 Å².